The number of hydrogen-bond acceptors (Lipinski definition) is 5. The molecule has 0 N–H and O–H groups in total. The summed E-state index contributed by atoms with van der Waals surface area (Å²) in [6, 6.07) is 5.70. The molecule has 0 amide bonds. The number of nitrogens with zero attached hydrogens (tertiary/aromatic N) is 2. The van der Waals surface area contributed by atoms with E-state index in [1.807, 2.05) is 18.2 Å². The van der Waals surface area contributed by atoms with E-state index >= 15 is 0 Å². The second-order valence-electron chi connectivity index (χ2n) is 2.93. The maximum atomic E-state index is 5.23. The number of hydrogen-bond donors (Lipinski definition) is 0. The molecule has 4 nitrogen and oxygen atoms in total. The molecule has 1 aromatic carbocycles. The van der Waals surface area contributed by atoms with E-state index in [1.165, 1.54) is 0 Å². The van der Waals surface area contributed by atoms with Crippen molar-refractivity contribution in [1.29, 1.82) is 0 Å². The molecule has 1 aromatic heterocycles. The number of methoxy groups -OCH3 is 2. The third-order valence-corrected chi connectivity index (χ3v) is 3.67. The summed E-state index contributed by atoms with van der Waals surface area (Å²) < 4.78 is 11.3. The first-order valence-corrected chi connectivity index (χ1v) is 6.35. The van der Waals surface area contributed by atoms with Gasteiger partial charge in [0.1, 0.15) is 5.01 Å². The van der Waals surface area contributed by atoms with Crippen molar-refractivity contribution >= 4 is 33.9 Å². The molecule has 0 spiro atoms. The molecule has 6 heteroatoms. The molecule has 0 atom stereocenters. The molecule has 0 fully saturated rings. The van der Waals surface area contributed by atoms with Gasteiger partial charge in [-0.1, -0.05) is 11.3 Å². The second kappa shape index (κ2) is 4.96. The number of rotatable bonds is 3. The van der Waals surface area contributed by atoms with Gasteiger partial charge in [-0.25, -0.2) is 0 Å². The second-order valence-corrected chi connectivity index (χ2v) is 5.66. The van der Waals surface area contributed by atoms with Crippen LogP contribution in [-0.4, -0.2) is 24.4 Å². The largest absolute Gasteiger partial charge is 0.493 e. The van der Waals surface area contributed by atoms with E-state index in [2.05, 4.69) is 32.8 Å². The molecule has 0 unspecified atom stereocenters. The first-order valence-electron chi connectivity index (χ1n) is 4.46. The minimum atomic E-state index is 0.699. The number of halogens is 1. The summed E-state index contributed by atoms with van der Waals surface area (Å²) in [4.78, 5) is 0. The van der Waals surface area contributed by atoms with E-state index in [9.17, 15) is 0 Å². The van der Waals surface area contributed by atoms with Gasteiger partial charge in [-0.15, -0.1) is 10.2 Å². The van der Waals surface area contributed by atoms with Crippen molar-refractivity contribution in [2.75, 3.05) is 14.2 Å². The Balaban J connectivity index is 2.43. The highest BCUT2D eigenvalue weighted by molar-refractivity contribution is 14.1. The fourth-order valence-electron chi connectivity index (χ4n) is 1.29. The zero-order valence-electron chi connectivity index (χ0n) is 8.73. The highest BCUT2D eigenvalue weighted by Crippen LogP contribution is 2.33. The topological polar surface area (TPSA) is 44.2 Å². The molecule has 1 heterocycles. The predicted molar refractivity (Wildman–Crippen MR) is 71.2 cm³/mol. The lowest BCUT2D eigenvalue weighted by Gasteiger charge is -2.07. The van der Waals surface area contributed by atoms with Crippen molar-refractivity contribution in [2.45, 2.75) is 0 Å². The van der Waals surface area contributed by atoms with Gasteiger partial charge in [-0.3, -0.25) is 0 Å². The zero-order valence-corrected chi connectivity index (χ0v) is 11.7. The van der Waals surface area contributed by atoms with Crippen LogP contribution in [0.3, 0.4) is 0 Å². The highest BCUT2D eigenvalue weighted by atomic mass is 127. The van der Waals surface area contributed by atoms with Crippen LogP contribution in [-0.2, 0) is 0 Å². The Morgan fingerprint density at radius 1 is 1.12 bits per heavy atom. The normalized spacial score (nSPS) is 10.2. The summed E-state index contributed by atoms with van der Waals surface area (Å²) in [5.41, 5.74) is 0.984. The summed E-state index contributed by atoms with van der Waals surface area (Å²) in [6.45, 7) is 0. The Bertz CT molecular complexity index is 501. The molecular weight excluding hydrogens is 339 g/mol. The van der Waals surface area contributed by atoms with Crippen molar-refractivity contribution in [3.8, 4) is 22.1 Å². The lowest BCUT2D eigenvalue weighted by atomic mass is 10.2. The molecule has 0 aliphatic rings. The predicted octanol–water partition coefficient (Wildman–Crippen LogP) is 2.83. The summed E-state index contributed by atoms with van der Waals surface area (Å²) in [6.07, 6.45) is 0. The zero-order chi connectivity index (χ0) is 11.5. The van der Waals surface area contributed by atoms with Crippen LogP contribution in [0.15, 0.2) is 18.2 Å². The Kier molecular flexibility index (Phi) is 3.59. The summed E-state index contributed by atoms with van der Waals surface area (Å²) in [7, 11) is 3.23. The molecule has 0 aliphatic heterocycles. The average molecular weight is 348 g/mol. The lowest BCUT2D eigenvalue weighted by Crippen LogP contribution is -1.90. The van der Waals surface area contributed by atoms with Gasteiger partial charge in [0.05, 0.1) is 14.2 Å². The van der Waals surface area contributed by atoms with Crippen molar-refractivity contribution in [1.82, 2.24) is 10.2 Å². The van der Waals surface area contributed by atoms with Crippen LogP contribution < -0.4 is 9.47 Å². The monoisotopic (exact) mass is 348 g/mol. The van der Waals surface area contributed by atoms with Crippen LogP contribution in [0.2, 0.25) is 0 Å². The third-order valence-electron chi connectivity index (χ3n) is 2.03. The molecule has 16 heavy (non-hydrogen) atoms. The molecule has 0 saturated heterocycles. The van der Waals surface area contributed by atoms with Crippen molar-refractivity contribution in [2.24, 2.45) is 0 Å². The quantitative estimate of drug-likeness (QED) is 0.801. The molecular formula is C10H9IN2O2S. The maximum absolute atomic E-state index is 5.23. The Hall–Kier alpha value is -0.890. The first kappa shape index (κ1) is 11.6. The van der Waals surface area contributed by atoms with E-state index in [-0.39, 0.29) is 0 Å². The molecule has 0 bridgehead atoms. The smallest absolute Gasteiger partial charge is 0.178 e. The van der Waals surface area contributed by atoms with Crippen LogP contribution in [0.4, 0.5) is 0 Å². The van der Waals surface area contributed by atoms with Crippen LogP contribution in [0.5, 0.6) is 11.5 Å². The van der Waals surface area contributed by atoms with E-state index in [4.69, 9.17) is 9.47 Å². The van der Waals surface area contributed by atoms with Crippen molar-refractivity contribution in [3.63, 3.8) is 0 Å². The fraction of sp³-hybridized carbons (Fsp3) is 0.200. The van der Waals surface area contributed by atoms with Crippen LogP contribution in [0.25, 0.3) is 10.6 Å². The van der Waals surface area contributed by atoms with Crippen LogP contribution in [0.1, 0.15) is 0 Å². The Labute approximate surface area is 111 Å². The SMILES string of the molecule is COc1ccc(-c2nnc(I)s2)cc1OC. The first-order chi connectivity index (χ1) is 7.74. The average Bonchev–Trinajstić information content (AvgIpc) is 2.75. The lowest BCUT2D eigenvalue weighted by molar-refractivity contribution is 0.355. The highest BCUT2D eigenvalue weighted by Gasteiger charge is 2.09. The van der Waals surface area contributed by atoms with Crippen LogP contribution >= 0.6 is 33.9 Å². The summed E-state index contributed by atoms with van der Waals surface area (Å²) in [5, 5.41) is 8.94. The molecule has 2 rings (SSSR count). The minimum Gasteiger partial charge on any atom is -0.493 e. The number of ether oxygens (including phenoxy) is 2. The number of benzene rings is 1. The molecule has 84 valence electrons. The van der Waals surface area contributed by atoms with E-state index in [0.717, 1.165) is 13.6 Å². The fourth-order valence-corrected chi connectivity index (χ4v) is 2.59. The summed E-state index contributed by atoms with van der Waals surface area (Å²) in [5.74, 6) is 1.41. The van der Waals surface area contributed by atoms with Gasteiger partial charge in [0.2, 0.25) is 0 Å². The van der Waals surface area contributed by atoms with Gasteiger partial charge < -0.3 is 9.47 Å². The van der Waals surface area contributed by atoms with Gasteiger partial charge in [-0.05, 0) is 40.8 Å². The van der Waals surface area contributed by atoms with Gasteiger partial charge in [-0.2, -0.15) is 0 Å². The standard InChI is InChI=1S/C10H9IN2O2S/c1-14-7-4-3-6(5-8(7)15-2)9-12-13-10(11)16-9/h3-5H,1-2H3. The molecule has 0 saturated carbocycles. The Morgan fingerprint density at radius 3 is 2.44 bits per heavy atom. The van der Waals surface area contributed by atoms with Gasteiger partial charge >= 0.3 is 0 Å². The van der Waals surface area contributed by atoms with Gasteiger partial charge in [0.15, 0.2) is 14.5 Å². The maximum Gasteiger partial charge on any atom is 0.178 e. The molecule has 0 aliphatic carbocycles. The van der Waals surface area contributed by atoms with Gasteiger partial charge in [0, 0.05) is 5.56 Å². The van der Waals surface area contributed by atoms with E-state index < -0.39 is 0 Å². The van der Waals surface area contributed by atoms with Crippen molar-refractivity contribution < 1.29 is 9.47 Å². The van der Waals surface area contributed by atoms with E-state index in [1.54, 1.807) is 25.6 Å². The Morgan fingerprint density at radius 2 is 1.88 bits per heavy atom. The van der Waals surface area contributed by atoms with E-state index in [0.29, 0.717) is 11.5 Å². The van der Waals surface area contributed by atoms with Crippen LogP contribution in [0, 0.1) is 3.01 Å². The molecule has 2 aromatic rings. The number of aromatic nitrogens is 2. The summed E-state index contributed by atoms with van der Waals surface area (Å²) >= 11 is 3.69. The third kappa shape index (κ3) is 2.27. The minimum absolute atomic E-state index is 0.699. The van der Waals surface area contributed by atoms with Crippen molar-refractivity contribution in [3.05, 3.63) is 21.2 Å². The molecule has 0 radical (unpaired) electrons. The van der Waals surface area contributed by atoms with Gasteiger partial charge in [0.25, 0.3) is 0 Å².